The van der Waals surface area contributed by atoms with Crippen LogP contribution in [-0.2, 0) is 0 Å². The Labute approximate surface area is 132 Å². The molecular weight excluding hydrogens is 297 g/mol. The van der Waals surface area contributed by atoms with E-state index in [-0.39, 0.29) is 12.4 Å². The SMILES string of the molecule is Cl.N[PH](c1ccccc1)(c1ccccc1)c1ccccc1. The molecule has 0 saturated carbocycles. The summed E-state index contributed by atoms with van der Waals surface area (Å²) in [4.78, 5) is 0. The van der Waals surface area contributed by atoms with E-state index in [1.165, 1.54) is 15.9 Å². The first-order valence-corrected chi connectivity index (χ1v) is 8.85. The third kappa shape index (κ3) is 3.01. The monoisotopic (exact) mass is 315 g/mol. The Balaban J connectivity index is 0.00000161. The van der Waals surface area contributed by atoms with Crippen LogP contribution in [0.1, 0.15) is 0 Å². The first-order chi connectivity index (χ1) is 9.82. The summed E-state index contributed by atoms with van der Waals surface area (Å²) in [6.07, 6.45) is 0. The Bertz CT molecular complexity index is 575. The molecule has 3 rings (SSSR count). The van der Waals surface area contributed by atoms with Gasteiger partial charge >= 0.3 is 120 Å². The molecule has 0 aliphatic rings. The summed E-state index contributed by atoms with van der Waals surface area (Å²) in [7, 11) is -2.38. The van der Waals surface area contributed by atoms with E-state index in [0.717, 1.165) is 0 Å². The molecule has 0 bridgehead atoms. The maximum atomic E-state index is 7.00. The average molecular weight is 316 g/mol. The first-order valence-electron chi connectivity index (χ1n) is 6.77. The fourth-order valence-electron chi connectivity index (χ4n) is 2.60. The average Bonchev–Trinajstić information content (AvgIpc) is 2.56. The van der Waals surface area contributed by atoms with Gasteiger partial charge in [0.1, 0.15) is 0 Å². The quantitative estimate of drug-likeness (QED) is 0.739. The third-order valence-electron chi connectivity index (χ3n) is 3.69. The normalized spacial score (nSPS) is 11.5. The number of halogens is 1. The summed E-state index contributed by atoms with van der Waals surface area (Å²) in [5.41, 5.74) is 7.00. The second-order valence-electron chi connectivity index (χ2n) is 4.91. The van der Waals surface area contributed by atoms with Gasteiger partial charge in [0.2, 0.25) is 0 Å². The molecule has 0 saturated heterocycles. The Morgan fingerprint density at radius 2 is 0.714 bits per heavy atom. The van der Waals surface area contributed by atoms with Crippen LogP contribution in [0.25, 0.3) is 0 Å². The fourth-order valence-corrected chi connectivity index (χ4v) is 5.76. The van der Waals surface area contributed by atoms with Crippen LogP contribution in [0.2, 0.25) is 0 Å². The number of nitrogens with two attached hydrogens (primary N) is 1. The van der Waals surface area contributed by atoms with Crippen LogP contribution in [0.4, 0.5) is 0 Å². The molecule has 2 N–H and O–H groups in total. The van der Waals surface area contributed by atoms with Crippen LogP contribution in [-0.4, -0.2) is 0 Å². The second-order valence-corrected chi connectivity index (χ2v) is 8.25. The molecule has 0 fully saturated rings. The van der Waals surface area contributed by atoms with Crippen molar-refractivity contribution in [2.45, 2.75) is 0 Å². The molecule has 108 valence electrons. The Morgan fingerprint density at radius 3 is 0.952 bits per heavy atom. The molecule has 0 atom stereocenters. The molecule has 1 nitrogen and oxygen atoms in total. The summed E-state index contributed by atoms with van der Waals surface area (Å²) in [6, 6.07) is 31.4. The van der Waals surface area contributed by atoms with Gasteiger partial charge < -0.3 is 0 Å². The predicted octanol–water partition coefficient (Wildman–Crippen LogP) is 3.01. The van der Waals surface area contributed by atoms with Crippen LogP contribution < -0.4 is 21.4 Å². The van der Waals surface area contributed by atoms with E-state index in [1.54, 1.807) is 0 Å². The fraction of sp³-hybridized carbons (Fsp3) is 0. The van der Waals surface area contributed by atoms with Gasteiger partial charge in [-0.05, 0) is 0 Å². The van der Waals surface area contributed by atoms with E-state index in [1.807, 2.05) is 18.2 Å². The molecule has 0 aromatic heterocycles. The maximum absolute atomic E-state index is 7.00. The molecule has 0 amide bonds. The Kier molecular flexibility index (Phi) is 5.14. The van der Waals surface area contributed by atoms with Crippen LogP contribution >= 0.6 is 19.8 Å². The topological polar surface area (TPSA) is 26.0 Å². The molecule has 0 aliphatic heterocycles. The van der Waals surface area contributed by atoms with E-state index in [2.05, 4.69) is 72.8 Å². The molecule has 0 spiro atoms. The first kappa shape index (κ1) is 15.7. The van der Waals surface area contributed by atoms with Crippen molar-refractivity contribution in [2.24, 2.45) is 5.50 Å². The van der Waals surface area contributed by atoms with E-state index < -0.39 is 7.41 Å². The van der Waals surface area contributed by atoms with Gasteiger partial charge in [-0.1, -0.05) is 0 Å². The third-order valence-corrected chi connectivity index (χ3v) is 7.42. The van der Waals surface area contributed by atoms with Crippen LogP contribution in [0, 0.1) is 0 Å². The minimum absolute atomic E-state index is 0. The van der Waals surface area contributed by atoms with Crippen molar-refractivity contribution in [3.8, 4) is 0 Å². The van der Waals surface area contributed by atoms with Crippen molar-refractivity contribution in [3.05, 3.63) is 91.0 Å². The van der Waals surface area contributed by atoms with E-state index in [9.17, 15) is 0 Å². The van der Waals surface area contributed by atoms with Crippen LogP contribution in [0.3, 0.4) is 0 Å². The van der Waals surface area contributed by atoms with Crippen LogP contribution in [0.5, 0.6) is 0 Å². The molecule has 0 aliphatic carbocycles. The van der Waals surface area contributed by atoms with Gasteiger partial charge in [0.25, 0.3) is 0 Å². The summed E-state index contributed by atoms with van der Waals surface area (Å²) in [5.74, 6) is 0. The van der Waals surface area contributed by atoms with Gasteiger partial charge in [0.05, 0.1) is 0 Å². The molecular formula is C18H19ClNP. The van der Waals surface area contributed by atoms with Crippen molar-refractivity contribution in [3.63, 3.8) is 0 Å². The number of hydrogen-bond donors (Lipinski definition) is 1. The summed E-state index contributed by atoms with van der Waals surface area (Å²) < 4.78 is 0. The van der Waals surface area contributed by atoms with Crippen molar-refractivity contribution < 1.29 is 0 Å². The molecule has 3 aromatic carbocycles. The standard InChI is InChI=1S/C18H18NP.ClH/c19-20(16-10-4-1-5-11-16,17-12-6-2-7-13-17)18-14-8-3-9-15-18;/h1-15,20H,19H2;1H. The van der Waals surface area contributed by atoms with Gasteiger partial charge in [-0.2, -0.15) is 0 Å². The van der Waals surface area contributed by atoms with Gasteiger partial charge in [0.15, 0.2) is 0 Å². The van der Waals surface area contributed by atoms with E-state index >= 15 is 0 Å². The second kappa shape index (κ2) is 6.87. The van der Waals surface area contributed by atoms with Crippen molar-refractivity contribution in [1.82, 2.24) is 0 Å². The van der Waals surface area contributed by atoms with Crippen molar-refractivity contribution >= 4 is 35.7 Å². The number of benzene rings is 3. The summed E-state index contributed by atoms with van der Waals surface area (Å²) in [5, 5.41) is 3.70. The zero-order chi connectivity index (χ0) is 13.8. The zero-order valence-electron chi connectivity index (χ0n) is 11.6. The van der Waals surface area contributed by atoms with Crippen LogP contribution in [0.15, 0.2) is 91.0 Å². The minimum atomic E-state index is -2.38. The summed E-state index contributed by atoms with van der Waals surface area (Å²) >= 11 is 0. The zero-order valence-corrected chi connectivity index (χ0v) is 13.5. The van der Waals surface area contributed by atoms with Gasteiger partial charge in [-0.3, -0.25) is 0 Å². The van der Waals surface area contributed by atoms with Gasteiger partial charge in [0, 0.05) is 0 Å². The predicted molar refractivity (Wildman–Crippen MR) is 98.0 cm³/mol. The van der Waals surface area contributed by atoms with E-state index in [4.69, 9.17) is 5.50 Å². The molecule has 0 unspecified atom stereocenters. The molecule has 3 heteroatoms. The van der Waals surface area contributed by atoms with Crippen molar-refractivity contribution in [2.75, 3.05) is 0 Å². The van der Waals surface area contributed by atoms with Gasteiger partial charge in [-0.15, -0.1) is 12.4 Å². The molecule has 0 radical (unpaired) electrons. The molecule has 0 heterocycles. The van der Waals surface area contributed by atoms with Gasteiger partial charge in [-0.25, -0.2) is 0 Å². The number of hydrogen-bond acceptors (Lipinski definition) is 1. The summed E-state index contributed by atoms with van der Waals surface area (Å²) in [6.45, 7) is 0. The molecule has 3 aromatic rings. The Morgan fingerprint density at radius 1 is 0.476 bits per heavy atom. The molecule has 21 heavy (non-hydrogen) atoms. The number of rotatable bonds is 3. The van der Waals surface area contributed by atoms with E-state index in [0.29, 0.717) is 0 Å². The van der Waals surface area contributed by atoms with Crippen molar-refractivity contribution in [1.29, 1.82) is 0 Å². The Hall–Kier alpha value is -1.66.